The zero-order valence-electron chi connectivity index (χ0n) is 10.8. The first kappa shape index (κ1) is 14.2. The quantitative estimate of drug-likeness (QED) is 0.869. The lowest BCUT2D eigenvalue weighted by Gasteiger charge is -2.13. The van der Waals surface area contributed by atoms with Crippen molar-refractivity contribution in [3.8, 4) is 5.69 Å². The van der Waals surface area contributed by atoms with Crippen molar-refractivity contribution in [1.82, 2.24) is 4.57 Å². The Balaban J connectivity index is 2.31. The molecule has 1 unspecified atom stereocenters. The third kappa shape index (κ3) is 2.85. The topological polar surface area (TPSA) is 57.2 Å². The molecule has 2 aromatic rings. The Morgan fingerprint density at radius 1 is 1.40 bits per heavy atom. The van der Waals surface area contributed by atoms with E-state index in [0.29, 0.717) is 5.69 Å². The molecule has 0 bridgehead atoms. The molecule has 0 aliphatic rings. The van der Waals surface area contributed by atoms with Crippen LogP contribution >= 0.6 is 0 Å². The monoisotopic (exact) mass is 280 g/mol. The van der Waals surface area contributed by atoms with Crippen molar-refractivity contribution in [2.45, 2.75) is 12.5 Å². The lowest BCUT2D eigenvalue weighted by molar-refractivity contribution is -0.142. The summed E-state index contributed by atoms with van der Waals surface area (Å²) >= 11 is 0. The highest BCUT2D eigenvalue weighted by Gasteiger charge is 2.17. The molecule has 0 fully saturated rings. The van der Waals surface area contributed by atoms with Crippen molar-refractivity contribution in [3.05, 3.63) is 53.9 Å². The number of aromatic nitrogens is 1. The van der Waals surface area contributed by atoms with Crippen LogP contribution < -0.4 is 5.73 Å². The molecule has 0 spiro atoms. The maximum Gasteiger partial charge on any atom is 0.323 e. The van der Waals surface area contributed by atoms with Gasteiger partial charge >= 0.3 is 5.97 Å². The molecule has 0 aliphatic carbocycles. The van der Waals surface area contributed by atoms with Crippen LogP contribution in [0.5, 0.6) is 0 Å². The second kappa shape index (κ2) is 5.83. The molecule has 1 aromatic carbocycles. The number of nitrogens with two attached hydrogens (primary N) is 1. The first-order valence-corrected chi connectivity index (χ1v) is 5.98. The van der Waals surface area contributed by atoms with Crippen LogP contribution in [-0.4, -0.2) is 23.7 Å². The Morgan fingerprint density at radius 3 is 2.80 bits per heavy atom. The Hall–Kier alpha value is -2.21. The van der Waals surface area contributed by atoms with Crippen molar-refractivity contribution in [2.75, 3.05) is 7.11 Å². The van der Waals surface area contributed by atoms with Crippen molar-refractivity contribution in [3.63, 3.8) is 0 Å². The number of benzene rings is 1. The molecule has 1 aromatic heterocycles. The Morgan fingerprint density at radius 2 is 2.15 bits per heavy atom. The summed E-state index contributed by atoms with van der Waals surface area (Å²) in [6.07, 6.45) is 1.81. The molecule has 6 heteroatoms. The summed E-state index contributed by atoms with van der Waals surface area (Å²) in [5.41, 5.74) is 6.52. The van der Waals surface area contributed by atoms with Crippen LogP contribution in [0.2, 0.25) is 0 Å². The molecular formula is C14H14F2N2O2. The Labute approximate surface area is 114 Å². The van der Waals surface area contributed by atoms with Gasteiger partial charge in [0.15, 0.2) is 0 Å². The van der Waals surface area contributed by atoms with E-state index in [1.165, 1.54) is 23.8 Å². The van der Waals surface area contributed by atoms with E-state index < -0.39 is 23.6 Å². The molecule has 1 atom stereocenters. The number of methoxy groups -OCH3 is 1. The smallest absolute Gasteiger partial charge is 0.323 e. The predicted octanol–water partition coefficient (Wildman–Crippen LogP) is 1.80. The van der Waals surface area contributed by atoms with E-state index in [1.54, 1.807) is 18.3 Å². The summed E-state index contributed by atoms with van der Waals surface area (Å²) in [4.78, 5) is 11.3. The predicted molar refractivity (Wildman–Crippen MR) is 69.4 cm³/mol. The molecular weight excluding hydrogens is 266 g/mol. The maximum atomic E-state index is 13.8. The number of ether oxygens (including phenoxy) is 1. The molecule has 106 valence electrons. The largest absolute Gasteiger partial charge is 0.468 e. The lowest BCUT2D eigenvalue weighted by atomic mass is 10.1. The number of esters is 1. The summed E-state index contributed by atoms with van der Waals surface area (Å²) in [5, 5.41) is 0. The zero-order chi connectivity index (χ0) is 14.7. The van der Waals surface area contributed by atoms with Crippen LogP contribution in [0.1, 0.15) is 5.69 Å². The molecule has 0 radical (unpaired) electrons. The standard InChI is InChI=1S/C14H14F2N2O2/c1-20-14(19)12(17)8-10-3-2-6-18(10)13-5-4-9(15)7-11(13)16/h2-7,12H,8,17H2,1H3. The first-order valence-electron chi connectivity index (χ1n) is 5.98. The third-order valence-corrected chi connectivity index (χ3v) is 2.94. The van der Waals surface area contributed by atoms with Gasteiger partial charge in [0.05, 0.1) is 12.8 Å². The van der Waals surface area contributed by atoms with E-state index in [4.69, 9.17) is 5.73 Å². The van der Waals surface area contributed by atoms with Crippen molar-refractivity contribution >= 4 is 5.97 Å². The van der Waals surface area contributed by atoms with Gasteiger partial charge < -0.3 is 15.0 Å². The van der Waals surface area contributed by atoms with Gasteiger partial charge in [0.2, 0.25) is 0 Å². The van der Waals surface area contributed by atoms with Crippen LogP contribution in [0, 0.1) is 11.6 Å². The van der Waals surface area contributed by atoms with E-state index in [-0.39, 0.29) is 12.1 Å². The van der Waals surface area contributed by atoms with Gasteiger partial charge in [0.25, 0.3) is 0 Å². The van der Waals surface area contributed by atoms with E-state index in [9.17, 15) is 13.6 Å². The number of carbonyl (C=O) groups is 1. The summed E-state index contributed by atoms with van der Waals surface area (Å²) in [5.74, 6) is -1.88. The fourth-order valence-corrected chi connectivity index (χ4v) is 1.95. The molecule has 4 nitrogen and oxygen atoms in total. The highest BCUT2D eigenvalue weighted by atomic mass is 19.1. The minimum atomic E-state index is -0.836. The van der Waals surface area contributed by atoms with Crippen molar-refractivity contribution in [2.24, 2.45) is 5.73 Å². The van der Waals surface area contributed by atoms with Gasteiger partial charge in [-0.05, 0) is 24.3 Å². The summed E-state index contributed by atoms with van der Waals surface area (Å²) < 4.78 is 32.8. The van der Waals surface area contributed by atoms with Gasteiger partial charge in [-0.1, -0.05) is 0 Å². The number of carbonyl (C=O) groups excluding carboxylic acids is 1. The zero-order valence-corrected chi connectivity index (χ0v) is 10.8. The average molecular weight is 280 g/mol. The number of halogens is 2. The Kier molecular flexibility index (Phi) is 4.14. The molecule has 0 saturated carbocycles. The SMILES string of the molecule is COC(=O)C(N)Cc1cccn1-c1ccc(F)cc1F. The van der Waals surface area contributed by atoms with Gasteiger partial charge in [0.1, 0.15) is 17.7 Å². The molecule has 0 amide bonds. The van der Waals surface area contributed by atoms with Gasteiger partial charge in [-0.15, -0.1) is 0 Å². The highest BCUT2D eigenvalue weighted by Crippen LogP contribution is 2.18. The van der Waals surface area contributed by atoms with E-state index in [0.717, 1.165) is 6.07 Å². The number of rotatable bonds is 4. The fraction of sp³-hybridized carbons (Fsp3) is 0.214. The second-order valence-electron chi connectivity index (χ2n) is 4.30. The van der Waals surface area contributed by atoms with Gasteiger partial charge in [-0.2, -0.15) is 0 Å². The van der Waals surface area contributed by atoms with E-state index >= 15 is 0 Å². The summed E-state index contributed by atoms with van der Waals surface area (Å²) in [6, 6.07) is 5.88. The van der Waals surface area contributed by atoms with Crippen LogP contribution in [0.3, 0.4) is 0 Å². The molecule has 2 N–H and O–H groups in total. The van der Waals surface area contributed by atoms with Crippen LogP contribution in [0.4, 0.5) is 8.78 Å². The van der Waals surface area contributed by atoms with E-state index in [2.05, 4.69) is 4.74 Å². The molecule has 0 aliphatic heterocycles. The molecule has 2 rings (SSSR count). The molecule has 20 heavy (non-hydrogen) atoms. The summed E-state index contributed by atoms with van der Waals surface area (Å²) in [7, 11) is 1.25. The van der Waals surface area contributed by atoms with Gasteiger partial charge in [0, 0.05) is 24.4 Å². The number of hydrogen-bond acceptors (Lipinski definition) is 3. The van der Waals surface area contributed by atoms with Crippen molar-refractivity contribution in [1.29, 1.82) is 0 Å². The van der Waals surface area contributed by atoms with Crippen LogP contribution in [0.15, 0.2) is 36.5 Å². The second-order valence-corrected chi connectivity index (χ2v) is 4.30. The Bertz CT molecular complexity index is 625. The minimum absolute atomic E-state index is 0.191. The summed E-state index contributed by atoms with van der Waals surface area (Å²) in [6.45, 7) is 0. The molecule has 0 saturated heterocycles. The first-order chi connectivity index (χ1) is 9.52. The third-order valence-electron chi connectivity index (χ3n) is 2.94. The number of hydrogen-bond donors (Lipinski definition) is 1. The van der Waals surface area contributed by atoms with Crippen LogP contribution in [-0.2, 0) is 16.0 Å². The normalized spacial score (nSPS) is 12.2. The van der Waals surface area contributed by atoms with E-state index in [1.807, 2.05) is 0 Å². The lowest BCUT2D eigenvalue weighted by Crippen LogP contribution is -2.34. The minimum Gasteiger partial charge on any atom is -0.468 e. The van der Waals surface area contributed by atoms with Crippen molar-refractivity contribution < 1.29 is 18.3 Å². The van der Waals surface area contributed by atoms with Crippen LogP contribution in [0.25, 0.3) is 5.69 Å². The average Bonchev–Trinajstić information content (AvgIpc) is 2.85. The van der Waals surface area contributed by atoms with Gasteiger partial charge in [-0.25, -0.2) is 8.78 Å². The van der Waals surface area contributed by atoms with Gasteiger partial charge in [-0.3, -0.25) is 4.79 Å². The maximum absolute atomic E-state index is 13.8. The molecule has 1 heterocycles. The highest BCUT2D eigenvalue weighted by molar-refractivity contribution is 5.75. The number of nitrogens with zero attached hydrogens (tertiary/aromatic N) is 1. The fourth-order valence-electron chi connectivity index (χ4n) is 1.95.